The van der Waals surface area contributed by atoms with Crippen molar-refractivity contribution in [1.29, 1.82) is 0 Å². The fraction of sp³-hybridized carbons (Fsp3) is 0.583. The van der Waals surface area contributed by atoms with Gasteiger partial charge >= 0.3 is 12.0 Å². The van der Waals surface area contributed by atoms with Gasteiger partial charge in [-0.3, -0.25) is 9.48 Å². The zero-order chi connectivity index (χ0) is 13.8. The van der Waals surface area contributed by atoms with Gasteiger partial charge in [0.05, 0.1) is 18.7 Å². The predicted octanol–water partition coefficient (Wildman–Crippen LogP) is 0.569. The van der Waals surface area contributed by atoms with Crippen molar-refractivity contribution in [2.45, 2.75) is 31.8 Å². The van der Waals surface area contributed by atoms with Crippen LogP contribution in [-0.2, 0) is 18.4 Å². The number of rotatable bonds is 4. The number of aliphatic carboxylic acids is 1. The normalized spacial score (nSPS) is 18.6. The van der Waals surface area contributed by atoms with Crippen molar-refractivity contribution in [3.05, 3.63) is 18.0 Å². The number of amides is 2. The molecule has 7 nitrogen and oxygen atoms in total. The molecule has 2 rings (SSSR count). The topological polar surface area (TPSA) is 87.5 Å². The highest BCUT2D eigenvalue weighted by molar-refractivity contribution is 5.76. The standard InChI is InChI=1S/C12H18N4O3/c1-15-6-4-9(14-15)8-13-12(19)16-5-2-3-10(16)7-11(17)18/h4,6,10H,2-3,5,7-8H2,1H3,(H,13,19)(H,17,18). The average Bonchev–Trinajstić information content (AvgIpc) is 2.94. The zero-order valence-electron chi connectivity index (χ0n) is 10.9. The van der Waals surface area contributed by atoms with Crippen LogP contribution in [0.4, 0.5) is 4.79 Å². The van der Waals surface area contributed by atoms with Crippen molar-refractivity contribution < 1.29 is 14.7 Å². The minimum Gasteiger partial charge on any atom is -0.481 e. The summed E-state index contributed by atoms with van der Waals surface area (Å²) < 4.78 is 1.67. The maximum Gasteiger partial charge on any atom is 0.317 e. The largest absolute Gasteiger partial charge is 0.481 e. The molecule has 2 amide bonds. The van der Waals surface area contributed by atoms with Gasteiger partial charge in [0.15, 0.2) is 0 Å². The van der Waals surface area contributed by atoms with Gasteiger partial charge in [0, 0.05) is 25.8 Å². The molecule has 0 aliphatic carbocycles. The van der Waals surface area contributed by atoms with Crippen molar-refractivity contribution in [2.75, 3.05) is 6.54 Å². The van der Waals surface area contributed by atoms with Gasteiger partial charge in [-0.2, -0.15) is 5.10 Å². The summed E-state index contributed by atoms with van der Waals surface area (Å²) in [6, 6.07) is 1.43. The lowest BCUT2D eigenvalue weighted by atomic mass is 10.1. The Morgan fingerprint density at radius 1 is 1.58 bits per heavy atom. The Kier molecular flexibility index (Phi) is 4.03. The maximum absolute atomic E-state index is 12.0. The van der Waals surface area contributed by atoms with Crippen LogP contribution in [0, 0.1) is 0 Å². The number of nitrogens with one attached hydrogen (secondary N) is 1. The first kappa shape index (κ1) is 13.4. The Labute approximate surface area is 111 Å². The minimum absolute atomic E-state index is 0.0109. The fourth-order valence-corrected chi connectivity index (χ4v) is 2.34. The molecule has 2 N–H and O–H groups in total. The van der Waals surface area contributed by atoms with E-state index in [0.29, 0.717) is 13.1 Å². The summed E-state index contributed by atoms with van der Waals surface area (Å²) in [6.07, 6.45) is 3.43. The van der Waals surface area contributed by atoms with Gasteiger partial charge in [0.25, 0.3) is 0 Å². The Bertz CT molecular complexity index is 471. The number of carbonyl (C=O) groups is 2. The number of aryl methyl sites for hydroxylation is 1. The molecule has 1 aromatic rings. The smallest absolute Gasteiger partial charge is 0.317 e. The van der Waals surface area contributed by atoms with Crippen LogP contribution in [0.25, 0.3) is 0 Å². The van der Waals surface area contributed by atoms with Gasteiger partial charge in [-0.25, -0.2) is 4.79 Å². The van der Waals surface area contributed by atoms with Crippen LogP contribution >= 0.6 is 0 Å². The molecule has 1 aliphatic rings. The van der Waals surface area contributed by atoms with E-state index in [1.165, 1.54) is 0 Å². The zero-order valence-corrected chi connectivity index (χ0v) is 10.9. The van der Waals surface area contributed by atoms with Gasteiger partial charge in [0.2, 0.25) is 0 Å². The van der Waals surface area contributed by atoms with E-state index >= 15 is 0 Å². The second kappa shape index (κ2) is 5.73. The SMILES string of the molecule is Cn1ccc(CNC(=O)N2CCCC2CC(=O)O)n1. The molecule has 1 saturated heterocycles. The van der Waals surface area contributed by atoms with Crippen molar-refractivity contribution in [3.8, 4) is 0 Å². The van der Waals surface area contributed by atoms with Gasteiger partial charge in [-0.1, -0.05) is 0 Å². The molecule has 2 heterocycles. The summed E-state index contributed by atoms with van der Waals surface area (Å²) in [5.41, 5.74) is 0.782. The van der Waals surface area contributed by atoms with Crippen LogP contribution < -0.4 is 5.32 Å². The molecule has 1 fully saturated rings. The number of carboxylic acids is 1. The highest BCUT2D eigenvalue weighted by Gasteiger charge is 2.30. The number of hydrogen-bond donors (Lipinski definition) is 2. The summed E-state index contributed by atoms with van der Waals surface area (Å²) in [4.78, 5) is 24.3. The lowest BCUT2D eigenvalue weighted by Gasteiger charge is -2.23. The third-order valence-corrected chi connectivity index (χ3v) is 3.24. The molecule has 0 radical (unpaired) electrons. The first-order chi connectivity index (χ1) is 9.06. The van der Waals surface area contributed by atoms with Crippen molar-refractivity contribution in [2.24, 2.45) is 7.05 Å². The molecule has 104 valence electrons. The Hall–Kier alpha value is -2.05. The molecule has 19 heavy (non-hydrogen) atoms. The van der Waals surface area contributed by atoms with E-state index in [1.54, 1.807) is 9.58 Å². The lowest BCUT2D eigenvalue weighted by Crippen LogP contribution is -2.43. The molecule has 0 saturated carbocycles. The Balaban J connectivity index is 1.86. The molecule has 1 aromatic heterocycles. The second-order valence-electron chi connectivity index (χ2n) is 4.73. The average molecular weight is 266 g/mol. The quantitative estimate of drug-likeness (QED) is 0.834. The van der Waals surface area contributed by atoms with E-state index in [2.05, 4.69) is 10.4 Å². The van der Waals surface area contributed by atoms with Crippen LogP contribution in [0.2, 0.25) is 0 Å². The van der Waals surface area contributed by atoms with E-state index in [9.17, 15) is 9.59 Å². The molecule has 0 spiro atoms. The predicted molar refractivity (Wildman–Crippen MR) is 67.4 cm³/mol. The third-order valence-electron chi connectivity index (χ3n) is 3.24. The molecule has 7 heteroatoms. The maximum atomic E-state index is 12.0. The van der Waals surface area contributed by atoms with Crippen molar-refractivity contribution in [3.63, 3.8) is 0 Å². The molecule has 1 atom stereocenters. The van der Waals surface area contributed by atoms with Crippen LogP contribution in [0.15, 0.2) is 12.3 Å². The van der Waals surface area contributed by atoms with Crippen LogP contribution in [0.5, 0.6) is 0 Å². The highest BCUT2D eigenvalue weighted by Crippen LogP contribution is 2.20. The summed E-state index contributed by atoms with van der Waals surface area (Å²) in [7, 11) is 1.81. The number of carbonyl (C=O) groups excluding carboxylic acids is 1. The molecule has 0 aromatic carbocycles. The molecule has 1 aliphatic heterocycles. The summed E-state index contributed by atoms with van der Waals surface area (Å²) >= 11 is 0. The minimum atomic E-state index is -0.866. The number of likely N-dealkylation sites (tertiary alicyclic amines) is 1. The van der Waals surface area contributed by atoms with Crippen molar-refractivity contribution in [1.82, 2.24) is 20.0 Å². The van der Waals surface area contributed by atoms with Crippen LogP contribution in [-0.4, -0.2) is 44.4 Å². The van der Waals surface area contributed by atoms with Gasteiger partial charge in [-0.05, 0) is 18.9 Å². The Morgan fingerprint density at radius 2 is 2.37 bits per heavy atom. The van der Waals surface area contributed by atoms with E-state index in [4.69, 9.17) is 5.11 Å². The second-order valence-corrected chi connectivity index (χ2v) is 4.73. The summed E-state index contributed by atoms with van der Waals surface area (Å²) in [6.45, 7) is 0.974. The first-order valence-electron chi connectivity index (χ1n) is 6.31. The number of hydrogen-bond acceptors (Lipinski definition) is 3. The van der Waals surface area contributed by atoms with Gasteiger partial charge in [0.1, 0.15) is 0 Å². The number of aromatic nitrogens is 2. The molecule has 1 unspecified atom stereocenters. The van der Waals surface area contributed by atoms with E-state index in [-0.39, 0.29) is 18.5 Å². The monoisotopic (exact) mass is 266 g/mol. The van der Waals surface area contributed by atoms with E-state index < -0.39 is 5.97 Å². The van der Waals surface area contributed by atoms with Crippen molar-refractivity contribution >= 4 is 12.0 Å². The van der Waals surface area contributed by atoms with E-state index in [1.807, 2.05) is 19.3 Å². The van der Waals surface area contributed by atoms with E-state index in [0.717, 1.165) is 18.5 Å². The summed E-state index contributed by atoms with van der Waals surface area (Å²) in [5.74, 6) is -0.866. The number of urea groups is 1. The number of nitrogens with zero attached hydrogens (tertiary/aromatic N) is 3. The Morgan fingerprint density at radius 3 is 3.00 bits per heavy atom. The fourth-order valence-electron chi connectivity index (χ4n) is 2.34. The molecular formula is C12H18N4O3. The van der Waals surface area contributed by atoms with Gasteiger partial charge in [-0.15, -0.1) is 0 Å². The first-order valence-corrected chi connectivity index (χ1v) is 6.31. The molecule has 0 bridgehead atoms. The molecular weight excluding hydrogens is 248 g/mol. The summed E-state index contributed by atoms with van der Waals surface area (Å²) in [5, 5.41) is 15.8. The lowest BCUT2D eigenvalue weighted by molar-refractivity contribution is -0.137. The number of carboxylic acid groups (broad SMARTS) is 1. The third kappa shape index (κ3) is 3.46. The van der Waals surface area contributed by atoms with Crippen LogP contribution in [0.3, 0.4) is 0 Å². The van der Waals surface area contributed by atoms with Crippen LogP contribution in [0.1, 0.15) is 25.0 Å². The van der Waals surface area contributed by atoms with Gasteiger partial charge < -0.3 is 15.3 Å². The highest BCUT2D eigenvalue weighted by atomic mass is 16.4.